The van der Waals surface area contributed by atoms with Gasteiger partial charge >= 0.3 is 0 Å². The van der Waals surface area contributed by atoms with Gasteiger partial charge < -0.3 is 5.32 Å². The van der Waals surface area contributed by atoms with Gasteiger partial charge in [0, 0.05) is 24.5 Å². The summed E-state index contributed by atoms with van der Waals surface area (Å²) < 4.78 is 0. The summed E-state index contributed by atoms with van der Waals surface area (Å²) in [5.74, 6) is 1.51. The number of nitrogens with zero attached hydrogens (tertiary/aromatic N) is 1. The monoisotopic (exact) mass is 218 g/mol. The van der Waals surface area contributed by atoms with Crippen LogP contribution in [0.3, 0.4) is 0 Å². The smallest absolute Gasteiger partial charge is 0.0361 e. The van der Waals surface area contributed by atoms with Crippen molar-refractivity contribution < 1.29 is 0 Å². The van der Waals surface area contributed by atoms with Crippen LogP contribution in [0.4, 0.5) is 0 Å². The van der Waals surface area contributed by atoms with Crippen LogP contribution in [0.25, 0.3) is 0 Å². The summed E-state index contributed by atoms with van der Waals surface area (Å²) in [6, 6.07) is 5.36. The van der Waals surface area contributed by atoms with Crippen molar-refractivity contribution in [1.29, 1.82) is 0 Å². The molecule has 0 aliphatic heterocycles. The third-order valence-electron chi connectivity index (χ3n) is 3.50. The van der Waals surface area contributed by atoms with E-state index in [-0.39, 0.29) is 0 Å². The molecule has 2 rings (SSSR count). The molecule has 1 fully saturated rings. The zero-order valence-electron chi connectivity index (χ0n) is 10.5. The highest BCUT2D eigenvalue weighted by Gasteiger charge is 2.28. The van der Waals surface area contributed by atoms with E-state index in [4.69, 9.17) is 0 Å². The van der Waals surface area contributed by atoms with Gasteiger partial charge in [0.15, 0.2) is 0 Å². The quantitative estimate of drug-likeness (QED) is 0.839. The molecule has 1 aliphatic rings. The first-order valence-corrected chi connectivity index (χ1v) is 6.32. The van der Waals surface area contributed by atoms with Gasteiger partial charge in [-0.1, -0.05) is 26.8 Å². The van der Waals surface area contributed by atoms with Crippen molar-refractivity contribution in [2.75, 3.05) is 0 Å². The van der Waals surface area contributed by atoms with Crippen molar-refractivity contribution in [3.8, 4) is 0 Å². The Morgan fingerprint density at radius 2 is 2.12 bits per heavy atom. The predicted octanol–water partition coefficient (Wildman–Crippen LogP) is 3.17. The van der Waals surface area contributed by atoms with Crippen molar-refractivity contribution in [2.45, 2.75) is 45.7 Å². The number of pyridine rings is 1. The SMILES string of the molecule is CC1CC(NC(c2cccnc2)C(C)C)C1. The van der Waals surface area contributed by atoms with Crippen molar-refractivity contribution >= 4 is 0 Å². The molecular weight excluding hydrogens is 196 g/mol. The average Bonchev–Trinajstić information content (AvgIpc) is 2.23. The van der Waals surface area contributed by atoms with E-state index in [1.54, 1.807) is 0 Å². The number of aromatic nitrogens is 1. The predicted molar refractivity (Wildman–Crippen MR) is 67.1 cm³/mol. The highest BCUT2D eigenvalue weighted by Crippen LogP contribution is 2.30. The summed E-state index contributed by atoms with van der Waals surface area (Å²) >= 11 is 0. The summed E-state index contributed by atoms with van der Waals surface area (Å²) in [4.78, 5) is 4.21. The molecular formula is C14H22N2. The Kier molecular flexibility index (Phi) is 3.59. The first-order chi connectivity index (χ1) is 7.66. The molecule has 1 aromatic heterocycles. The van der Waals surface area contributed by atoms with E-state index in [0.29, 0.717) is 18.0 Å². The lowest BCUT2D eigenvalue weighted by atomic mass is 9.80. The minimum Gasteiger partial charge on any atom is -0.307 e. The lowest BCUT2D eigenvalue weighted by Gasteiger charge is -2.38. The first-order valence-electron chi connectivity index (χ1n) is 6.32. The van der Waals surface area contributed by atoms with Gasteiger partial charge in [-0.15, -0.1) is 0 Å². The van der Waals surface area contributed by atoms with Gasteiger partial charge in [0.2, 0.25) is 0 Å². The fourth-order valence-corrected chi connectivity index (χ4v) is 2.53. The Morgan fingerprint density at radius 1 is 1.38 bits per heavy atom. The van der Waals surface area contributed by atoms with Gasteiger partial charge in [0.25, 0.3) is 0 Å². The molecule has 0 aromatic carbocycles. The maximum atomic E-state index is 4.21. The summed E-state index contributed by atoms with van der Waals surface area (Å²) in [6.07, 6.45) is 6.47. The van der Waals surface area contributed by atoms with Crippen molar-refractivity contribution in [2.24, 2.45) is 11.8 Å². The second-order valence-electron chi connectivity index (χ2n) is 5.45. The van der Waals surface area contributed by atoms with Gasteiger partial charge in [-0.25, -0.2) is 0 Å². The third-order valence-corrected chi connectivity index (χ3v) is 3.50. The van der Waals surface area contributed by atoms with Gasteiger partial charge in [-0.05, 0) is 36.3 Å². The Bertz CT molecular complexity index is 315. The molecule has 0 radical (unpaired) electrons. The molecule has 1 aromatic rings. The molecule has 0 bridgehead atoms. The minimum atomic E-state index is 0.450. The molecule has 2 nitrogen and oxygen atoms in total. The Morgan fingerprint density at radius 3 is 2.62 bits per heavy atom. The van der Waals surface area contributed by atoms with Crippen LogP contribution in [-0.2, 0) is 0 Å². The fourth-order valence-electron chi connectivity index (χ4n) is 2.53. The van der Waals surface area contributed by atoms with Crippen LogP contribution in [0, 0.1) is 11.8 Å². The Labute approximate surface area is 98.5 Å². The van der Waals surface area contributed by atoms with Crippen LogP contribution in [-0.4, -0.2) is 11.0 Å². The highest BCUT2D eigenvalue weighted by atomic mass is 15.0. The van der Waals surface area contributed by atoms with Crippen LogP contribution >= 0.6 is 0 Å². The van der Waals surface area contributed by atoms with Gasteiger partial charge in [-0.2, -0.15) is 0 Å². The normalized spacial score (nSPS) is 26.5. The number of nitrogens with one attached hydrogen (secondary N) is 1. The van der Waals surface area contributed by atoms with Crippen molar-refractivity contribution in [3.63, 3.8) is 0 Å². The van der Waals surface area contributed by atoms with Gasteiger partial charge in [0.1, 0.15) is 0 Å². The van der Waals surface area contributed by atoms with Gasteiger partial charge in [-0.3, -0.25) is 4.98 Å². The van der Waals surface area contributed by atoms with E-state index in [1.165, 1.54) is 18.4 Å². The zero-order chi connectivity index (χ0) is 11.5. The van der Waals surface area contributed by atoms with E-state index >= 15 is 0 Å². The standard InChI is InChI=1S/C14H22N2/c1-10(2)14(12-5-4-6-15-9-12)16-13-7-11(3)8-13/h4-6,9-11,13-14,16H,7-8H2,1-3H3. The molecule has 2 heteroatoms. The molecule has 1 saturated carbocycles. The van der Waals surface area contributed by atoms with E-state index in [9.17, 15) is 0 Å². The van der Waals surface area contributed by atoms with Crippen molar-refractivity contribution in [3.05, 3.63) is 30.1 Å². The van der Waals surface area contributed by atoms with Crippen LogP contribution in [0.5, 0.6) is 0 Å². The molecule has 16 heavy (non-hydrogen) atoms. The largest absolute Gasteiger partial charge is 0.307 e. The lowest BCUT2D eigenvalue weighted by molar-refractivity contribution is 0.205. The second kappa shape index (κ2) is 4.96. The molecule has 88 valence electrons. The summed E-state index contributed by atoms with van der Waals surface area (Å²) in [5, 5.41) is 3.76. The Hall–Kier alpha value is -0.890. The van der Waals surface area contributed by atoms with Crippen LogP contribution in [0.15, 0.2) is 24.5 Å². The van der Waals surface area contributed by atoms with E-state index < -0.39 is 0 Å². The molecule has 1 heterocycles. The molecule has 1 N–H and O–H groups in total. The van der Waals surface area contributed by atoms with E-state index in [1.807, 2.05) is 18.5 Å². The Balaban J connectivity index is 2.01. The maximum absolute atomic E-state index is 4.21. The molecule has 1 aliphatic carbocycles. The molecule has 0 spiro atoms. The third kappa shape index (κ3) is 2.62. The first kappa shape index (κ1) is 11.6. The highest BCUT2D eigenvalue weighted by molar-refractivity contribution is 5.15. The average molecular weight is 218 g/mol. The van der Waals surface area contributed by atoms with Crippen LogP contribution in [0.1, 0.15) is 45.2 Å². The number of rotatable bonds is 4. The van der Waals surface area contributed by atoms with E-state index in [2.05, 4.69) is 37.1 Å². The molecule has 0 saturated heterocycles. The lowest BCUT2D eigenvalue weighted by Crippen LogP contribution is -2.43. The minimum absolute atomic E-state index is 0.450. The van der Waals surface area contributed by atoms with Crippen LogP contribution < -0.4 is 5.32 Å². The van der Waals surface area contributed by atoms with Gasteiger partial charge in [0.05, 0.1) is 0 Å². The zero-order valence-corrected chi connectivity index (χ0v) is 10.5. The number of hydrogen-bond acceptors (Lipinski definition) is 2. The number of hydrogen-bond donors (Lipinski definition) is 1. The fraction of sp³-hybridized carbons (Fsp3) is 0.643. The molecule has 0 amide bonds. The van der Waals surface area contributed by atoms with E-state index in [0.717, 1.165) is 5.92 Å². The summed E-state index contributed by atoms with van der Waals surface area (Å²) in [5.41, 5.74) is 1.32. The second-order valence-corrected chi connectivity index (χ2v) is 5.45. The molecule has 1 atom stereocenters. The molecule has 1 unspecified atom stereocenters. The van der Waals surface area contributed by atoms with Crippen molar-refractivity contribution in [1.82, 2.24) is 10.3 Å². The topological polar surface area (TPSA) is 24.9 Å². The van der Waals surface area contributed by atoms with Crippen LogP contribution in [0.2, 0.25) is 0 Å². The summed E-state index contributed by atoms with van der Waals surface area (Å²) in [6.45, 7) is 6.87. The maximum Gasteiger partial charge on any atom is 0.0361 e. The summed E-state index contributed by atoms with van der Waals surface area (Å²) in [7, 11) is 0.